The number of carbonyl (C=O) groups is 1. The van der Waals surface area contributed by atoms with Gasteiger partial charge in [0.15, 0.2) is 0 Å². The molecule has 1 N–H and O–H groups in total. The van der Waals surface area contributed by atoms with Crippen molar-refractivity contribution in [3.05, 3.63) is 29.3 Å². The number of nitrogens with zero attached hydrogens (tertiary/aromatic N) is 2. The van der Waals surface area contributed by atoms with Crippen molar-refractivity contribution in [3.8, 4) is 5.75 Å². The molecule has 1 atom stereocenters. The van der Waals surface area contributed by atoms with E-state index >= 15 is 0 Å². The van der Waals surface area contributed by atoms with Crippen molar-refractivity contribution in [2.24, 2.45) is 5.92 Å². The summed E-state index contributed by atoms with van der Waals surface area (Å²) in [5.74, 6) is 1.33. The normalized spacial score (nSPS) is 22.1. The van der Waals surface area contributed by atoms with E-state index in [1.807, 2.05) is 18.2 Å². The molecule has 2 heterocycles. The van der Waals surface area contributed by atoms with E-state index in [-0.39, 0.29) is 12.1 Å². The Morgan fingerprint density at radius 3 is 2.96 bits per heavy atom. The summed E-state index contributed by atoms with van der Waals surface area (Å²) >= 11 is 5.95. The highest BCUT2D eigenvalue weighted by molar-refractivity contribution is 6.30. The van der Waals surface area contributed by atoms with Crippen molar-refractivity contribution in [1.82, 2.24) is 15.1 Å². The third-order valence-corrected chi connectivity index (χ3v) is 5.06. The van der Waals surface area contributed by atoms with Crippen LogP contribution in [0.4, 0.5) is 4.79 Å². The lowest BCUT2D eigenvalue weighted by atomic mass is 9.98. The Morgan fingerprint density at radius 1 is 1.38 bits per heavy atom. The maximum Gasteiger partial charge on any atom is 0.317 e. The summed E-state index contributed by atoms with van der Waals surface area (Å²) in [6, 6.07) is 7.39. The number of ether oxygens (including phenoxy) is 1. The van der Waals surface area contributed by atoms with Crippen LogP contribution in [0.3, 0.4) is 0 Å². The minimum atomic E-state index is 0.0227. The van der Waals surface area contributed by atoms with Gasteiger partial charge < -0.3 is 19.9 Å². The molecule has 5 nitrogen and oxygen atoms in total. The van der Waals surface area contributed by atoms with Crippen LogP contribution in [-0.2, 0) is 0 Å². The minimum Gasteiger partial charge on any atom is -0.487 e. The largest absolute Gasteiger partial charge is 0.487 e. The first-order valence-corrected chi connectivity index (χ1v) is 9.19. The van der Waals surface area contributed by atoms with Crippen LogP contribution in [0, 0.1) is 5.92 Å². The van der Waals surface area contributed by atoms with Gasteiger partial charge in [0, 0.05) is 18.1 Å². The first-order chi connectivity index (χ1) is 11.6. The number of piperidine rings is 1. The van der Waals surface area contributed by atoms with Gasteiger partial charge >= 0.3 is 6.03 Å². The van der Waals surface area contributed by atoms with Crippen LogP contribution in [0.25, 0.3) is 0 Å². The molecule has 1 aromatic rings. The fourth-order valence-electron chi connectivity index (χ4n) is 3.36. The Balaban J connectivity index is 1.36. The molecule has 2 amide bonds. The van der Waals surface area contributed by atoms with Crippen LogP contribution in [0.15, 0.2) is 24.3 Å². The van der Waals surface area contributed by atoms with Crippen LogP contribution in [0.5, 0.6) is 5.75 Å². The second-order valence-corrected chi connectivity index (χ2v) is 7.13. The summed E-state index contributed by atoms with van der Waals surface area (Å²) in [4.78, 5) is 16.5. The molecule has 2 aliphatic rings. The molecular weight excluding hydrogens is 326 g/mol. The smallest absolute Gasteiger partial charge is 0.317 e. The lowest BCUT2D eigenvalue weighted by Gasteiger charge is -2.39. The van der Waals surface area contributed by atoms with Crippen molar-refractivity contribution >= 4 is 17.6 Å². The van der Waals surface area contributed by atoms with Crippen LogP contribution >= 0.6 is 11.6 Å². The van der Waals surface area contributed by atoms with E-state index in [1.54, 1.807) is 11.0 Å². The van der Waals surface area contributed by atoms with Gasteiger partial charge in [0.2, 0.25) is 0 Å². The monoisotopic (exact) mass is 351 g/mol. The molecule has 0 spiro atoms. The van der Waals surface area contributed by atoms with Gasteiger partial charge in [-0.15, -0.1) is 0 Å². The topological polar surface area (TPSA) is 44.8 Å². The molecule has 1 aromatic carbocycles. The van der Waals surface area contributed by atoms with E-state index < -0.39 is 0 Å². The van der Waals surface area contributed by atoms with Crippen molar-refractivity contribution in [2.75, 3.05) is 39.3 Å². The Labute approximate surface area is 148 Å². The van der Waals surface area contributed by atoms with Gasteiger partial charge in [-0.05, 0) is 50.0 Å². The van der Waals surface area contributed by atoms with Crippen molar-refractivity contribution in [2.45, 2.75) is 25.9 Å². The highest BCUT2D eigenvalue weighted by Crippen LogP contribution is 2.22. The van der Waals surface area contributed by atoms with Gasteiger partial charge in [0.1, 0.15) is 11.9 Å². The lowest BCUT2D eigenvalue weighted by Crippen LogP contribution is -2.59. The van der Waals surface area contributed by atoms with Gasteiger partial charge in [0.25, 0.3) is 0 Å². The fraction of sp³-hybridized carbons (Fsp3) is 0.611. The summed E-state index contributed by atoms with van der Waals surface area (Å²) < 4.78 is 5.82. The van der Waals surface area contributed by atoms with Crippen molar-refractivity contribution in [3.63, 3.8) is 0 Å². The molecular formula is C18H26ClN3O2. The summed E-state index contributed by atoms with van der Waals surface area (Å²) in [5.41, 5.74) is 0. The Kier molecular flexibility index (Phi) is 5.85. The number of amides is 2. The number of likely N-dealkylation sites (tertiary alicyclic amines) is 2. The van der Waals surface area contributed by atoms with Gasteiger partial charge in [-0.25, -0.2) is 4.79 Å². The average molecular weight is 352 g/mol. The van der Waals surface area contributed by atoms with Crippen molar-refractivity contribution in [1.29, 1.82) is 0 Å². The van der Waals surface area contributed by atoms with E-state index in [0.29, 0.717) is 24.0 Å². The number of hydrogen-bond donors (Lipinski definition) is 1. The lowest BCUT2D eigenvalue weighted by molar-refractivity contribution is 0.0437. The molecule has 2 saturated heterocycles. The van der Waals surface area contributed by atoms with Crippen LogP contribution in [0.2, 0.25) is 5.02 Å². The van der Waals surface area contributed by atoms with Gasteiger partial charge in [-0.1, -0.05) is 24.6 Å². The number of urea groups is 1. The zero-order valence-electron chi connectivity index (χ0n) is 14.2. The highest BCUT2D eigenvalue weighted by atomic mass is 35.5. The second-order valence-electron chi connectivity index (χ2n) is 6.69. The Hall–Kier alpha value is -1.46. The molecule has 6 heteroatoms. The molecule has 0 aromatic heterocycles. The SMILES string of the molecule is CCN1CCC[C@H](CNC(=O)N2CC(Oc3cccc(Cl)c3)C2)C1. The summed E-state index contributed by atoms with van der Waals surface area (Å²) in [6.07, 6.45) is 2.49. The van der Waals surface area contributed by atoms with Gasteiger partial charge in [-0.3, -0.25) is 0 Å². The van der Waals surface area contributed by atoms with Crippen LogP contribution < -0.4 is 10.1 Å². The summed E-state index contributed by atoms with van der Waals surface area (Å²) in [7, 11) is 0. The predicted octanol–water partition coefficient (Wildman–Crippen LogP) is 2.84. The van der Waals surface area contributed by atoms with E-state index in [4.69, 9.17) is 16.3 Å². The second kappa shape index (κ2) is 8.08. The number of nitrogens with one attached hydrogen (secondary N) is 1. The third kappa shape index (κ3) is 4.54. The Morgan fingerprint density at radius 2 is 2.21 bits per heavy atom. The van der Waals surface area contributed by atoms with E-state index in [0.717, 1.165) is 25.4 Å². The van der Waals surface area contributed by atoms with Crippen LogP contribution in [0.1, 0.15) is 19.8 Å². The molecule has 0 radical (unpaired) electrons. The standard InChI is InChI=1S/C18H26ClN3O2/c1-2-21-8-4-5-14(11-21)10-20-18(23)22-12-17(13-22)24-16-7-3-6-15(19)9-16/h3,6-7,9,14,17H,2,4-5,8,10-13H2,1H3,(H,20,23)/t14-/m1/s1. The molecule has 0 bridgehead atoms. The summed E-state index contributed by atoms with van der Waals surface area (Å²) in [6.45, 7) is 7.60. The van der Waals surface area contributed by atoms with E-state index in [9.17, 15) is 4.79 Å². The number of benzene rings is 1. The molecule has 24 heavy (non-hydrogen) atoms. The maximum absolute atomic E-state index is 12.2. The molecule has 2 aliphatic heterocycles. The molecule has 0 unspecified atom stereocenters. The van der Waals surface area contributed by atoms with Gasteiger partial charge in [-0.2, -0.15) is 0 Å². The highest BCUT2D eigenvalue weighted by Gasteiger charge is 2.32. The quantitative estimate of drug-likeness (QED) is 0.887. The first kappa shape index (κ1) is 17.4. The number of hydrogen-bond acceptors (Lipinski definition) is 3. The average Bonchev–Trinajstić information content (AvgIpc) is 2.56. The fourth-order valence-corrected chi connectivity index (χ4v) is 3.54. The van der Waals surface area contributed by atoms with E-state index in [1.165, 1.54) is 19.4 Å². The first-order valence-electron chi connectivity index (χ1n) is 8.81. The Bertz CT molecular complexity index is 563. The van der Waals surface area contributed by atoms with Crippen molar-refractivity contribution < 1.29 is 9.53 Å². The summed E-state index contributed by atoms with van der Waals surface area (Å²) in [5, 5.41) is 3.74. The number of carbonyl (C=O) groups excluding carboxylic acids is 1. The molecule has 0 aliphatic carbocycles. The molecule has 0 saturated carbocycles. The number of halogens is 1. The van der Waals surface area contributed by atoms with E-state index in [2.05, 4.69) is 17.1 Å². The minimum absolute atomic E-state index is 0.0227. The molecule has 3 rings (SSSR count). The van der Waals surface area contributed by atoms with Crippen LogP contribution in [-0.4, -0.2) is 61.2 Å². The predicted molar refractivity (Wildman–Crippen MR) is 95.7 cm³/mol. The van der Waals surface area contributed by atoms with Gasteiger partial charge in [0.05, 0.1) is 13.1 Å². The zero-order chi connectivity index (χ0) is 16.9. The number of rotatable bonds is 5. The molecule has 132 valence electrons. The third-order valence-electron chi connectivity index (χ3n) is 4.83. The zero-order valence-corrected chi connectivity index (χ0v) is 15.0. The molecule has 2 fully saturated rings. The maximum atomic E-state index is 12.2.